The lowest BCUT2D eigenvalue weighted by molar-refractivity contribution is 0.167. The lowest BCUT2D eigenvalue weighted by Gasteiger charge is -2.28. The number of anilines is 1. The summed E-state index contributed by atoms with van der Waals surface area (Å²) in [5.74, 6) is 0. The number of halogens is 1. The molecule has 7 heteroatoms. The summed E-state index contributed by atoms with van der Waals surface area (Å²) >= 11 is 5.81. The third-order valence-corrected chi connectivity index (χ3v) is 5.48. The molecule has 0 radical (unpaired) electrons. The number of ether oxygens (including phenoxy) is 1. The van der Waals surface area contributed by atoms with Crippen molar-refractivity contribution in [1.29, 1.82) is 0 Å². The van der Waals surface area contributed by atoms with Crippen LogP contribution in [0.5, 0.6) is 0 Å². The van der Waals surface area contributed by atoms with Crippen LogP contribution in [-0.2, 0) is 14.8 Å². The van der Waals surface area contributed by atoms with Gasteiger partial charge in [-0.05, 0) is 31.5 Å². The van der Waals surface area contributed by atoms with Crippen LogP contribution in [0.1, 0.15) is 20.3 Å². The maximum atomic E-state index is 12.7. The van der Waals surface area contributed by atoms with Gasteiger partial charge in [0.1, 0.15) is 4.90 Å². The maximum Gasteiger partial charge on any atom is 0.245 e. The highest BCUT2D eigenvalue weighted by Crippen LogP contribution is 2.27. The molecule has 1 atom stereocenters. The summed E-state index contributed by atoms with van der Waals surface area (Å²) in [6.07, 6.45) is 0.705. The van der Waals surface area contributed by atoms with Crippen molar-refractivity contribution >= 4 is 27.3 Å². The van der Waals surface area contributed by atoms with Gasteiger partial charge in [-0.1, -0.05) is 18.5 Å². The van der Waals surface area contributed by atoms with Crippen molar-refractivity contribution in [2.45, 2.75) is 31.2 Å². The Kier molecular flexibility index (Phi) is 6.26. The number of nitrogen functional groups attached to an aromatic ring is 1. The van der Waals surface area contributed by atoms with Crippen LogP contribution < -0.4 is 5.73 Å². The predicted molar refractivity (Wildman–Crippen MR) is 81.4 cm³/mol. The van der Waals surface area contributed by atoms with E-state index >= 15 is 0 Å². The van der Waals surface area contributed by atoms with E-state index in [2.05, 4.69) is 0 Å². The lowest BCUT2D eigenvalue weighted by Crippen LogP contribution is -2.40. The van der Waals surface area contributed by atoms with E-state index in [9.17, 15) is 8.42 Å². The molecular formula is C13H21ClN2O3S. The first-order valence-electron chi connectivity index (χ1n) is 6.40. The number of sulfonamides is 1. The number of nitrogens with two attached hydrogens (primary N) is 1. The van der Waals surface area contributed by atoms with Gasteiger partial charge >= 0.3 is 0 Å². The van der Waals surface area contributed by atoms with E-state index in [0.717, 1.165) is 0 Å². The normalized spacial score (nSPS) is 13.7. The Morgan fingerprint density at radius 3 is 2.60 bits per heavy atom. The van der Waals surface area contributed by atoms with Crippen LogP contribution in [0.4, 0.5) is 5.69 Å². The molecule has 1 rings (SSSR count). The zero-order valence-electron chi connectivity index (χ0n) is 12.0. The number of benzene rings is 1. The van der Waals surface area contributed by atoms with Crippen molar-refractivity contribution in [3.8, 4) is 0 Å². The molecular weight excluding hydrogens is 300 g/mol. The van der Waals surface area contributed by atoms with Crippen LogP contribution in [-0.4, -0.2) is 39.0 Å². The number of nitrogens with zero attached hydrogens (tertiary/aromatic N) is 1. The van der Waals surface area contributed by atoms with Crippen molar-refractivity contribution < 1.29 is 13.2 Å². The van der Waals surface area contributed by atoms with Crippen LogP contribution in [0.15, 0.2) is 23.1 Å². The summed E-state index contributed by atoms with van der Waals surface area (Å²) in [7, 11) is -2.12. The van der Waals surface area contributed by atoms with Crippen molar-refractivity contribution in [3.05, 3.63) is 23.2 Å². The fraction of sp³-hybridized carbons (Fsp3) is 0.538. The minimum atomic E-state index is -3.66. The Morgan fingerprint density at radius 1 is 1.45 bits per heavy atom. The standard InChI is InChI=1S/C13H21ClN2O3S/c1-4-10(2)16(7-8-19-3)20(17,18)13-6-5-11(14)9-12(13)15/h5-6,9-10H,4,7-8,15H2,1-3H3. The van der Waals surface area contributed by atoms with E-state index in [0.29, 0.717) is 18.1 Å². The lowest BCUT2D eigenvalue weighted by atomic mass is 10.3. The first-order chi connectivity index (χ1) is 9.34. The molecule has 0 aliphatic rings. The topological polar surface area (TPSA) is 72.6 Å². The highest BCUT2D eigenvalue weighted by atomic mass is 35.5. The Morgan fingerprint density at radius 2 is 2.10 bits per heavy atom. The fourth-order valence-electron chi connectivity index (χ4n) is 1.84. The Hall–Kier alpha value is -0.820. The Balaban J connectivity index is 3.21. The first kappa shape index (κ1) is 17.2. The molecule has 1 aromatic carbocycles. The fourth-order valence-corrected chi connectivity index (χ4v) is 3.81. The molecule has 0 heterocycles. The van der Waals surface area contributed by atoms with Gasteiger partial charge in [0.25, 0.3) is 0 Å². The molecule has 1 aromatic rings. The summed E-state index contributed by atoms with van der Waals surface area (Å²) in [5, 5.41) is 0.411. The van der Waals surface area contributed by atoms with E-state index in [1.807, 2.05) is 13.8 Å². The number of hydrogen-bond donors (Lipinski definition) is 1. The molecule has 0 amide bonds. The second-order valence-electron chi connectivity index (χ2n) is 4.55. The third-order valence-electron chi connectivity index (χ3n) is 3.16. The molecule has 0 saturated heterocycles. The van der Waals surface area contributed by atoms with Crippen LogP contribution >= 0.6 is 11.6 Å². The van der Waals surface area contributed by atoms with E-state index in [1.54, 1.807) is 0 Å². The van der Waals surface area contributed by atoms with Crippen LogP contribution in [0.3, 0.4) is 0 Å². The van der Waals surface area contributed by atoms with E-state index in [4.69, 9.17) is 22.1 Å². The zero-order valence-corrected chi connectivity index (χ0v) is 13.5. The van der Waals surface area contributed by atoms with Crippen molar-refractivity contribution in [3.63, 3.8) is 0 Å². The molecule has 2 N–H and O–H groups in total. The molecule has 0 aliphatic heterocycles. The van der Waals surface area contributed by atoms with Crippen molar-refractivity contribution in [2.75, 3.05) is 26.0 Å². The van der Waals surface area contributed by atoms with Crippen molar-refractivity contribution in [1.82, 2.24) is 4.31 Å². The van der Waals surface area contributed by atoms with Gasteiger partial charge in [0.2, 0.25) is 10.0 Å². The number of methoxy groups -OCH3 is 1. The van der Waals surface area contributed by atoms with Crippen molar-refractivity contribution in [2.24, 2.45) is 0 Å². The summed E-state index contributed by atoms with van der Waals surface area (Å²) in [5.41, 5.74) is 5.95. The molecule has 0 aromatic heterocycles. The largest absolute Gasteiger partial charge is 0.398 e. The molecule has 0 bridgehead atoms. The van der Waals surface area contributed by atoms with Gasteiger partial charge in [-0.2, -0.15) is 4.31 Å². The third kappa shape index (κ3) is 3.85. The number of hydrogen-bond acceptors (Lipinski definition) is 4. The highest BCUT2D eigenvalue weighted by Gasteiger charge is 2.29. The highest BCUT2D eigenvalue weighted by molar-refractivity contribution is 7.89. The second-order valence-corrected chi connectivity index (χ2v) is 6.84. The Bertz CT molecular complexity index is 549. The first-order valence-corrected chi connectivity index (χ1v) is 8.22. The van der Waals surface area contributed by atoms with E-state index in [1.165, 1.54) is 29.6 Å². The molecule has 0 fully saturated rings. The zero-order chi connectivity index (χ0) is 15.3. The molecule has 5 nitrogen and oxygen atoms in total. The molecule has 20 heavy (non-hydrogen) atoms. The Labute approximate surface area is 125 Å². The van der Waals surface area contributed by atoms with Crippen LogP contribution in [0.2, 0.25) is 5.02 Å². The molecule has 0 saturated carbocycles. The molecule has 114 valence electrons. The maximum absolute atomic E-state index is 12.7. The van der Waals surface area contributed by atoms with Crippen LogP contribution in [0, 0.1) is 0 Å². The number of rotatable bonds is 7. The van der Waals surface area contributed by atoms with Gasteiger partial charge in [-0.15, -0.1) is 0 Å². The van der Waals surface area contributed by atoms with Gasteiger partial charge in [-0.3, -0.25) is 0 Å². The predicted octanol–water partition coefficient (Wildman–Crippen LogP) is 2.36. The van der Waals surface area contributed by atoms with Gasteiger partial charge in [-0.25, -0.2) is 8.42 Å². The van der Waals surface area contributed by atoms with E-state index < -0.39 is 10.0 Å². The smallest absolute Gasteiger partial charge is 0.245 e. The second kappa shape index (κ2) is 7.26. The minimum Gasteiger partial charge on any atom is -0.398 e. The monoisotopic (exact) mass is 320 g/mol. The molecule has 0 spiro atoms. The van der Waals surface area contributed by atoms with Gasteiger partial charge in [0.15, 0.2) is 0 Å². The summed E-state index contributed by atoms with van der Waals surface area (Å²) in [6.45, 7) is 4.41. The summed E-state index contributed by atoms with van der Waals surface area (Å²) in [4.78, 5) is 0.0818. The van der Waals surface area contributed by atoms with Crippen LogP contribution in [0.25, 0.3) is 0 Å². The summed E-state index contributed by atoms with van der Waals surface area (Å²) < 4.78 is 31.8. The van der Waals surface area contributed by atoms with Gasteiger partial charge < -0.3 is 10.5 Å². The minimum absolute atomic E-state index is 0.0818. The van der Waals surface area contributed by atoms with Gasteiger partial charge in [0, 0.05) is 24.7 Å². The quantitative estimate of drug-likeness (QED) is 0.783. The van der Waals surface area contributed by atoms with Gasteiger partial charge in [0.05, 0.1) is 12.3 Å². The summed E-state index contributed by atoms with van der Waals surface area (Å²) in [6, 6.07) is 4.27. The average Bonchev–Trinajstić information content (AvgIpc) is 2.38. The molecule has 0 aliphatic carbocycles. The molecule has 1 unspecified atom stereocenters. The van der Waals surface area contributed by atoms with E-state index in [-0.39, 0.29) is 23.2 Å². The average molecular weight is 321 g/mol. The SMILES string of the molecule is CCC(C)N(CCOC)S(=O)(=O)c1ccc(Cl)cc1N.